The molecule has 0 spiro atoms. The third-order valence-electron chi connectivity index (χ3n) is 3.95. The summed E-state index contributed by atoms with van der Waals surface area (Å²) in [4.78, 5) is 27.1. The molecule has 0 radical (unpaired) electrons. The van der Waals surface area contributed by atoms with Crippen LogP contribution in [-0.4, -0.2) is 45.3 Å². The molecule has 2 heterocycles. The number of carbonyl (C=O) groups is 2. The van der Waals surface area contributed by atoms with Gasteiger partial charge in [0.2, 0.25) is 11.0 Å². The van der Waals surface area contributed by atoms with Crippen molar-refractivity contribution >= 4 is 51.6 Å². The van der Waals surface area contributed by atoms with Crippen LogP contribution in [0.4, 0.5) is 5.13 Å². The van der Waals surface area contributed by atoms with Gasteiger partial charge in [-0.15, -0.1) is 10.2 Å². The minimum atomic E-state index is -0.323. The van der Waals surface area contributed by atoms with E-state index in [0.717, 1.165) is 35.3 Å². The van der Waals surface area contributed by atoms with E-state index in [-0.39, 0.29) is 17.1 Å². The van der Waals surface area contributed by atoms with Crippen LogP contribution in [-0.2, 0) is 4.79 Å². The lowest BCUT2D eigenvalue weighted by molar-refractivity contribution is -0.127. The predicted molar refractivity (Wildman–Crippen MR) is 105 cm³/mol. The van der Waals surface area contributed by atoms with Crippen LogP contribution < -0.4 is 5.32 Å². The summed E-state index contributed by atoms with van der Waals surface area (Å²) in [5.74, 6) is -0.433. The van der Waals surface area contributed by atoms with Crippen LogP contribution in [0.2, 0.25) is 5.02 Å². The van der Waals surface area contributed by atoms with Gasteiger partial charge in [-0.05, 0) is 44.0 Å². The van der Waals surface area contributed by atoms with E-state index < -0.39 is 0 Å². The maximum atomic E-state index is 13.0. The van der Waals surface area contributed by atoms with Gasteiger partial charge in [-0.1, -0.05) is 41.1 Å². The summed E-state index contributed by atoms with van der Waals surface area (Å²) in [6.07, 6.45) is 2.43. The molecule has 1 atom stereocenters. The lowest BCUT2D eigenvalue weighted by Crippen LogP contribution is -2.41. The van der Waals surface area contributed by atoms with Gasteiger partial charge in [-0.2, -0.15) is 0 Å². The number of benzene rings is 1. The van der Waals surface area contributed by atoms with Crippen molar-refractivity contribution in [1.82, 2.24) is 15.1 Å². The molecule has 0 bridgehead atoms. The molecule has 1 fully saturated rings. The highest BCUT2D eigenvalue weighted by atomic mass is 35.5. The summed E-state index contributed by atoms with van der Waals surface area (Å²) in [5, 5.41) is 12.3. The first-order valence-corrected chi connectivity index (χ1v) is 10.5. The number of likely N-dealkylation sites (tertiary alicyclic amines) is 1. The molecule has 1 aliphatic heterocycles. The lowest BCUT2D eigenvalue weighted by Gasteiger charge is -2.22. The zero-order valence-corrected chi connectivity index (χ0v) is 16.7. The number of hydrogen-bond acceptors (Lipinski definition) is 7. The number of nitrogens with zero attached hydrogens (tertiary/aromatic N) is 3. The Balaban J connectivity index is 1.74. The molecule has 26 heavy (non-hydrogen) atoms. The van der Waals surface area contributed by atoms with Gasteiger partial charge in [0.15, 0.2) is 4.34 Å². The van der Waals surface area contributed by atoms with Crippen molar-refractivity contribution in [2.24, 2.45) is 0 Å². The zero-order chi connectivity index (χ0) is 18.5. The number of halogens is 1. The average molecular weight is 411 g/mol. The molecule has 138 valence electrons. The number of amides is 2. The van der Waals surface area contributed by atoms with Gasteiger partial charge in [0.05, 0.1) is 5.25 Å². The number of hydrogen-bond donors (Lipinski definition) is 1. The predicted octanol–water partition coefficient (Wildman–Crippen LogP) is 3.94. The Morgan fingerprint density at radius 1 is 1.35 bits per heavy atom. The number of rotatable bonds is 5. The highest BCUT2D eigenvalue weighted by Crippen LogP contribution is 2.33. The van der Waals surface area contributed by atoms with Crippen LogP contribution in [0, 0.1) is 0 Å². The Kier molecular flexibility index (Phi) is 6.50. The van der Waals surface area contributed by atoms with Crippen LogP contribution >= 0.6 is 34.7 Å². The maximum Gasteiger partial charge on any atom is 0.260 e. The molecule has 2 aromatic rings. The van der Waals surface area contributed by atoms with Gasteiger partial charge < -0.3 is 5.32 Å². The number of nitrogens with one attached hydrogen (secondary N) is 1. The minimum Gasteiger partial charge on any atom is -0.360 e. The fourth-order valence-corrected chi connectivity index (χ4v) is 4.96. The van der Waals surface area contributed by atoms with Gasteiger partial charge in [0.25, 0.3) is 5.91 Å². The number of thioether (sulfide) groups is 1. The Hall–Kier alpha value is -1.64. The van der Waals surface area contributed by atoms with Crippen LogP contribution in [0.25, 0.3) is 0 Å². The second-order valence-electron chi connectivity index (χ2n) is 5.81. The average Bonchev–Trinajstić information content (AvgIpc) is 2.99. The molecule has 1 saturated heterocycles. The first-order chi connectivity index (χ1) is 12.6. The molecule has 9 heteroatoms. The van der Waals surface area contributed by atoms with Crippen molar-refractivity contribution in [3.63, 3.8) is 0 Å². The van der Waals surface area contributed by atoms with E-state index in [1.54, 1.807) is 24.3 Å². The van der Waals surface area contributed by atoms with Crippen LogP contribution in [0.15, 0.2) is 28.6 Å². The number of aromatic nitrogens is 2. The zero-order valence-electron chi connectivity index (χ0n) is 14.3. The molecule has 1 N–H and O–H groups in total. The summed E-state index contributed by atoms with van der Waals surface area (Å²) in [7, 11) is 0. The van der Waals surface area contributed by atoms with E-state index >= 15 is 0 Å². The van der Waals surface area contributed by atoms with Crippen molar-refractivity contribution in [1.29, 1.82) is 0 Å². The largest absolute Gasteiger partial charge is 0.360 e. The van der Waals surface area contributed by atoms with Crippen molar-refractivity contribution in [3.05, 3.63) is 34.9 Å². The minimum absolute atomic E-state index is 0.160. The monoisotopic (exact) mass is 410 g/mol. The van der Waals surface area contributed by atoms with Crippen LogP contribution in [0.3, 0.4) is 0 Å². The molecule has 1 aromatic carbocycles. The topological polar surface area (TPSA) is 75.2 Å². The van der Waals surface area contributed by atoms with Crippen molar-refractivity contribution in [2.75, 3.05) is 18.4 Å². The summed E-state index contributed by atoms with van der Waals surface area (Å²) >= 11 is 8.70. The molecule has 0 aliphatic carbocycles. The molecular formula is C17H19ClN4O2S2. The van der Waals surface area contributed by atoms with Gasteiger partial charge in [-0.25, -0.2) is 0 Å². The number of carbonyl (C=O) groups excluding carboxylic acids is 2. The Morgan fingerprint density at radius 2 is 2.12 bits per heavy atom. The third-order valence-corrected chi connectivity index (χ3v) is 6.42. The van der Waals surface area contributed by atoms with Crippen molar-refractivity contribution in [2.45, 2.75) is 35.8 Å². The van der Waals surface area contributed by atoms with E-state index in [1.807, 2.05) is 6.92 Å². The van der Waals surface area contributed by atoms with Crippen molar-refractivity contribution < 1.29 is 9.59 Å². The Bertz CT molecular complexity index is 781. The fraction of sp³-hybridized carbons (Fsp3) is 0.412. The van der Waals surface area contributed by atoms with Gasteiger partial charge in [0, 0.05) is 23.7 Å². The molecule has 0 unspecified atom stereocenters. The Labute approximate surface area is 165 Å². The molecule has 3 rings (SSSR count). The van der Waals surface area contributed by atoms with Gasteiger partial charge in [-0.3, -0.25) is 14.5 Å². The van der Waals surface area contributed by atoms with Crippen LogP contribution in [0.1, 0.15) is 36.5 Å². The van der Waals surface area contributed by atoms with Gasteiger partial charge >= 0.3 is 0 Å². The standard InChI is InChI=1S/C17H19ClN4O2S2/c1-2-19-16-20-21-17(26-16)25-13-5-3-4-10-22(15(13)24)14(23)11-6-8-12(18)9-7-11/h6-9,13H,2-5,10H2,1H3,(H,19,20)/t13-/m1/s1. The smallest absolute Gasteiger partial charge is 0.260 e. The van der Waals surface area contributed by atoms with Crippen molar-refractivity contribution in [3.8, 4) is 0 Å². The molecule has 1 aliphatic rings. The van der Waals surface area contributed by atoms with E-state index in [9.17, 15) is 9.59 Å². The number of anilines is 1. The lowest BCUT2D eigenvalue weighted by atomic mass is 10.2. The quantitative estimate of drug-likeness (QED) is 0.752. The first-order valence-electron chi connectivity index (χ1n) is 8.43. The fourth-order valence-electron chi connectivity index (χ4n) is 2.67. The normalized spacial score (nSPS) is 17.8. The van der Waals surface area contributed by atoms with E-state index in [0.29, 0.717) is 17.1 Å². The maximum absolute atomic E-state index is 13.0. The highest BCUT2D eigenvalue weighted by Gasteiger charge is 2.33. The molecule has 2 amide bonds. The number of imide groups is 1. The molecule has 1 aromatic heterocycles. The summed E-state index contributed by atoms with van der Waals surface area (Å²) < 4.78 is 0.736. The summed E-state index contributed by atoms with van der Waals surface area (Å²) in [5.41, 5.74) is 0.471. The summed E-state index contributed by atoms with van der Waals surface area (Å²) in [6, 6.07) is 6.62. The second kappa shape index (κ2) is 8.83. The van der Waals surface area contributed by atoms with Gasteiger partial charge in [0.1, 0.15) is 0 Å². The third kappa shape index (κ3) is 4.55. The Morgan fingerprint density at radius 3 is 2.85 bits per heavy atom. The van der Waals surface area contributed by atoms with E-state index in [4.69, 9.17) is 11.6 Å². The highest BCUT2D eigenvalue weighted by molar-refractivity contribution is 8.02. The molecular weight excluding hydrogens is 392 g/mol. The molecule has 0 saturated carbocycles. The SMILES string of the molecule is CCNc1nnc(S[C@@H]2CCCCN(C(=O)c3ccc(Cl)cc3)C2=O)s1. The van der Waals surface area contributed by atoms with E-state index in [1.165, 1.54) is 28.0 Å². The second-order valence-corrected chi connectivity index (χ2v) is 8.67. The summed E-state index contributed by atoms with van der Waals surface area (Å²) in [6.45, 7) is 3.20. The van der Waals surface area contributed by atoms with E-state index in [2.05, 4.69) is 15.5 Å². The first kappa shape index (κ1) is 19.1. The van der Waals surface area contributed by atoms with Crippen LogP contribution in [0.5, 0.6) is 0 Å². The molecule has 6 nitrogen and oxygen atoms in total.